The number of nitrogens with one attached hydrogen (secondary N) is 1. The molecule has 26 heavy (non-hydrogen) atoms. The highest BCUT2D eigenvalue weighted by molar-refractivity contribution is 9.10. The highest BCUT2D eigenvalue weighted by Crippen LogP contribution is 2.25. The third-order valence-electron chi connectivity index (χ3n) is 4.14. The van der Waals surface area contributed by atoms with Crippen LogP contribution in [0, 0.1) is 6.92 Å². The number of carbonyl (C=O) groups excluding carboxylic acids is 1. The molecule has 1 amide bonds. The molecule has 0 aliphatic carbocycles. The van der Waals surface area contributed by atoms with Crippen molar-refractivity contribution in [2.24, 2.45) is 0 Å². The average Bonchev–Trinajstić information content (AvgIpc) is 3.05. The van der Waals surface area contributed by atoms with Crippen molar-refractivity contribution in [1.29, 1.82) is 0 Å². The van der Waals surface area contributed by atoms with Gasteiger partial charge in [-0.15, -0.1) is 11.3 Å². The molecule has 1 aromatic carbocycles. The number of hydrogen-bond acceptors (Lipinski definition) is 5. The van der Waals surface area contributed by atoms with Crippen LogP contribution in [0.4, 0.5) is 5.69 Å². The predicted molar refractivity (Wildman–Crippen MR) is 107 cm³/mol. The van der Waals surface area contributed by atoms with E-state index in [-0.39, 0.29) is 12.5 Å². The Balaban J connectivity index is 1.52. The fraction of sp³-hybridized carbons (Fsp3) is 0.353. The van der Waals surface area contributed by atoms with E-state index in [0.29, 0.717) is 30.4 Å². The van der Waals surface area contributed by atoms with E-state index in [1.807, 2.05) is 42.2 Å². The molecule has 0 unspecified atom stereocenters. The van der Waals surface area contributed by atoms with Crippen LogP contribution in [0.5, 0.6) is 0 Å². The Kier molecular flexibility index (Phi) is 6.13. The number of thiophene rings is 1. The van der Waals surface area contributed by atoms with Gasteiger partial charge in [-0.2, -0.15) is 4.31 Å². The van der Waals surface area contributed by atoms with Crippen LogP contribution < -0.4 is 5.32 Å². The number of halogens is 1. The maximum atomic E-state index is 12.6. The first-order chi connectivity index (χ1) is 12.3. The van der Waals surface area contributed by atoms with Gasteiger partial charge in [0, 0.05) is 41.2 Å². The molecule has 1 saturated heterocycles. The molecular weight excluding hydrogens is 438 g/mol. The summed E-state index contributed by atoms with van der Waals surface area (Å²) in [4.78, 5) is 15.1. The highest BCUT2D eigenvalue weighted by Gasteiger charge is 2.29. The smallest absolute Gasteiger partial charge is 0.252 e. The predicted octanol–water partition coefficient (Wildman–Crippen LogP) is 2.76. The van der Waals surface area contributed by atoms with Gasteiger partial charge in [0.2, 0.25) is 5.91 Å². The van der Waals surface area contributed by atoms with Crippen molar-refractivity contribution in [3.63, 3.8) is 0 Å². The number of benzene rings is 1. The lowest BCUT2D eigenvalue weighted by Gasteiger charge is -2.33. The SMILES string of the molecule is Cc1ccc(S(=O)(=O)N2CCN(CC(=O)Nc3ccc(Br)cc3)CC2)s1. The lowest BCUT2D eigenvalue weighted by molar-refractivity contribution is -0.117. The third-order valence-corrected chi connectivity index (χ3v) is 8.03. The molecule has 0 saturated carbocycles. The largest absolute Gasteiger partial charge is 0.325 e. The highest BCUT2D eigenvalue weighted by atomic mass is 79.9. The number of nitrogens with zero attached hydrogens (tertiary/aromatic N) is 2. The lowest BCUT2D eigenvalue weighted by atomic mass is 10.3. The van der Waals surface area contributed by atoms with Crippen molar-refractivity contribution < 1.29 is 13.2 Å². The van der Waals surface area contributed by atoms with Crippen LogP contribution in [0.1, 0.15) is 4.88 Å². The number of rotatable bonds is 5. The number of carbonyl (C=O) groups is 1. The van der Waals surface area contributed by atoms with Gasteiger partial charge >= 0.3 is 0 Å². The monoisotopic (exact) mass is 457 g/mol. The molecule has 2 aromatic rings. The lowest BCUT2D eigenvalue weighted by Crippen LogP contribution is -2.50. The van der Waals surface area contributed by atoms with Crippen molar-refractivity contribution in [1.82, 2.24) is 9.21 Å². The fourth-order valence-electron chi connectivity index (χ4n) is 2.74. The summed E-state index contributed by atoms with van der Waals surface area (Å²) < 4.78 is 28.1. The second kappa shape index (κ2) is 8.18. The quantitative estimate of drug-likeness (QED) is 0.748. The second-order valence-electron chi connectivity index (χ2n) is 6.10. The Morgan fingerprint density at radius 3 is 2.35 bits per heavy atom. The number of anilines is 1. The van der Waals surface area contributed by atoms with E-state index >= 15 is 0 Å². The van der Waals surface area contributed by atoms with Crippen LogP contribution in [0.25, 0.3) is 0 Å². The zero-order valence-corrected chi connectivity index (χ0v) is 17.5. The minimum atomic E-state index is -3.43. The number of amides is 1. The van der Waals surface area contributed by atoms with E-state index in [2.05, 4.69) is 21.2 Å². The molecule has 1 aromatic heterocycles. The molecule has 3 rings (SSSR count). The summed E-state index contributed by atoms with van der Waals surface area (Å²) in [5.74, 6) is -0.0995. The first-order valence-corrected chi connectivity index (χ1v) is 11.2. The van der Waals surface area contributed by atoms with E-state index in [0.717, 1.165) is 15.0 Å². The minimum absolute atomic E-state index is 0.0995. The molecule has 0 atom stereocenters. The van der Waals surface area contributed by atoms with Gasteiger partial charge in [-0.1, -0.05) is 15.9 Å². The molecule has 1 fully saturated rings. The molecule has 2 heterocycles. The van der Waals surface area contributed by atoms with Crippen LogP contribution in [0.15, 0.2) is 45.1 Å². The van der Waals surface area contributed by atoms with Gasteiger partial charge in [-0.25, -0.2) is 8.42 Å². The van der Waals surface area contributed by atoms with Gasteiger partial charge in [0.25, 0.3) is 10.0 Å². The molecule has 140 valence electrons. The molecule has 0 radical (unpaired) electrons. The van der Waals surface area contributed by atoms with Crippen molar-refractivity contribution in [2.75, 3.05) is 38.0 Å². The summed E-state index contributed by atoms with van der Waals surface area (Å²) in [7, 11) is -3.43. The Morgan fingerprint density at radius 1 is 1.12 bits per heavy atom. The summed E-state index contributed by atoms with van der Waals surface area (Å²) in [6, 6.07) is 10.9. The van der Waals surface area contributed by atoms with Gasteiger partial charge < -0.3 is 5.32 Å². The van der Waals surface area contributed by atoms with E-state index in [9.17, 15) is 13.2 Å². The molecule has 0 spiro atoms. The summed E-state index contributed by atoms with van der Waals surface area (Å²) in [5, 5.41) is 2.85. The van der Waals surface area contributed by atoms with Gasteiger partial charge in [-0.3, -0.25) is 9.69 Å². The Bertz CT molecular complexity index is 873. The number of piperazine rings is 1. The molecule has 1 aliphatic rings. The average molecular weight is 458 g/mol. The van der Waals surface area contributed by atoms with Gasteiger partial charge in [0.1, 0.15) is 4.21 Å². The number of hydrogen-bond donors (Lipinski definition) is 1. The summed E-state index contributed by atoms with van der Waals surface area (Å²) in [6.07, 6.45) is 0. The molecule has 1 aliphatic heterocycles. The number of aryl methyl sites for hydroxylation is 1. The van der Waals surface area contributed by atoms with Crippen LogP contribution in [0.3, 0.4) is 0 Å². The van der Waals surface area contributed by atoms with Crippen molar-refractivity contribution in [2.45, 2.75) is 11.1 Å². The third kappa shape index (κ3) is 4.72. The van der Waals surface area contributed by atoms with Crippen LogP contribution in [-0.2, 0) is 14.8 Å². The van der Waals surface area contributed by atoms with E-state index in [4.69, 9.17) is 0 Å². The first kappa shape index (κ1) is 19.5. The minimum Gasteiger partial charge on any atom is -0.325 e. The van der Waals surface area contributed by atoms with Crippen LogP contribution in [-0.4, -0.2) is 56.3 Å². The fourth-order valence-corrected chi connectivity index (χ4v) is 5.87. The standard InChI is InChI=1S/C17H20BrN3O3S2/c1-13-2-7-17(25-13)26(23,24)21-10-8-20(9-11-21)12-16(22)19-15-5-3-14(18)4-6-15/h2-7H,8-12H2,1H3,(H,19,22). The van der Waals surface area contributed by atoms with Gasteiger partial charge in [-0.05, 0) is 43.3 Å². The summed E-state index contributed by atoms with van der Waals surface area (Å²) in [6.45, 7) is 4.01. The summed E-state index contributed by atoms with van der Waals surface area (Å²) >= 11 is 4.65. The molecule has 9 heteroatoms. The topological polar surface area (TPSA) is 69.7 Å². The molecule has 1 N–H and O–H groups in total. The van der Waals surface area contributed by atoms with E-state index in [1.54, 1.807) is 6.07 Å². The normalized spacial score (nSPS) is 16.5. The molecule has 6 nitrogen and oxygen atoms in total. The van der Waals surface area contributed by atoms with Gasteiger partial charge in [0.05, 0.1) is 6.54 Å². The first-order valence-electron chi connectivity index (χ1n) is 8.19. The second-order valence-corrected chi connectivity index (χ2v) is 10.5. The van der Waals surface area contributed by atoms with Gasteiger partial charge in [0.15, 0.2) is 0 Å². The van der Waals surface area contributed by atoms with Crippen molar-refractivity contribution in [3.8, 4) is 0 Å². The Morgan fingerprint density at radius 2 is 1.77 bits per heavy atom. The van der Waals surface area contributed by atoms with E-state index in [1.165, 1.54) is 15.6 Å². The maximum absolute atomic E-state index is 12.6. The van der Waals surface area contributed by atoms with Crippen LogP contribution in [0.2, 0.25) is 0 Å². The van der Waals surface area contributed by atoms with Crippen molar-refractivity contribution >= 4 is 48.9 Å². The molecule has 0 bridgehead atoms. The van der Waals surface area contributed by atoms with E-state index < -0.39 is 10.0 Å². The zero-order chi connectivity index (χ0) is 18.7. The Labute approximate surface area is 166 Å². The zero-order valence-electron chi connectivity index (χ0n) is 14.3. The maximum Gasteiger partial charge on any atom is 0.252 e. The number of sulfonamides is 1. The Hall–Kier alpha value is -1.26. The van der Waals surface area contributed by atoms with Crippen LogP contribution >= 0.6 is 27.3 Å². The van der Waals surface area contributed by atoms with Crippen molar-refractivity contribution in [3.05, 3.63) is 45.7 Å². The molecular formula is C17H20BrN3O3S2. The summed E-state index contributed by atoms with van der Waals surface area (Å²) in [5.41, 5.74) is 0.743.